The molecule has 2 heterocycles. The highest BCUT2D eigenvalue weighted by Crippen LogP contribution is 2.44. The number of thiazole rings is 1. The van der Waals surface area contributed by atoms with E-state index in [1.165, 1.54) is 48.4 Å². The lowest BCUT2D eigenvalue weighted by molar-refractivity contribution is 0.0480. The highest BCUT2D eigenvalue weighted by atomic mass is 79.9. The number of fused-ring (bicyclic) bond motifs is 1. The summed E-state index contributed by atoms with van der Waals surface area (Å²) in [7, 11) is 0. The third-order valence-corrected chi connectivity index (χ3v) is 6.83. The van der Waals surface area contributed by atoms with Crippen LogP contribution in [0.25, 0.3) is 10.2 Å². The van der Waals surface area contributed by atoms with Gasteiger partial charge in [0, 0.05) is 22.5 Å². The molecule has 1 aliphatic carbocycles. The summed E-state index contributed by atoms with van der Waals surface area (Å²) >= 11 is 5.44. The lowest BCUT2D eigenvalue weighted by Crippen LogP contribution is -2.50. The molecular weight excluding hydrogens is 344 g/mol. The van der Waals surface area contributed by atoms with Gasteiger partial charge in [0.05, 0.1) is 15.2 Å². The molecule has 0 bridgehead atoms. The van der Waals surface area contributed by atoms with Gasteiger partial charge in [0.1, 0.15) is 0 Å². The first kappa shape index (κ1) is 14.2. The van der Waals surface area contributed by atoms with E-state index < -0.39 is 0 Å². The number of hydrogen-bond acceptors (Lipinski definition) is 3. The van der Waals surface area contributed by atoms with Crippen LogP contribution in [-0.4, -0.2) is 28.5 Å². The SMILES string of the molecule is CC1CCCCN1[C@H]1C[C@H](c2nc3ccc(Br)cc3s2)C1. The molecule has 2 aromatic rings. The molecule has 0 radical (unpaired) electrons. The van der Waals surface area contributed by atoms with E-state index >= 15 is 0 Å². The van der Waals surface area contributed by atoms with Crippen LogP contribution in [0, 0.1) is 0 Å². The van der Waals surface area contributed by atoms with Gasteiger partial charge in [-0.3, -0.25) is 4.90 Å². The highest BCUT2D eigenvalue weighted by Gasteiger charge is 2.38. The first-order valence-electron chi connectivity index (χ1n) is 8.02. The number of likely N-dealkylation sites (tertiary alicyclic amines) is 1. The zero-order valence-electron chi connectivity index (χ0n) is 12.4. The molecular formula is C17H21BrN2S. The molecule has 2 nitrogen and oxygen atoms in total. The molecule has 4 heteroatoms. The lowest BCUT2D eigenvalue weighted by atomic mass is 9.78. The first-order chi connectivity index (χ1) is 10.2. The predicted octanol–water partition coefficient (Wildman–Crippen LogP) is 5.18. The monoisotopic (exact) mass is 364 g/mol. The summed E-state index contributed by atoms with van der Waals surface area (Å²) in [5.74, 6) is 0.695. The number of hydrogen-bond donors (Lipinski definition) is 0. The molecule has 1 aromatic carbocycles. The zero-order valence-corrected chi connectivity index (χ0v) is 14.8. The first-order valence-corrected chi connectivity index (χ1v) is 9.63. The van der Waals surface area contributed by atoms with Gasteiger partial charge < -0.3 is 0 Å². The Labute approximate surface area is 138 Å². The Morgan fingerprint density at radius 3 is 2.95 bits per heavy atom. The fraction of sp³-hybridized carbons (Fsp3) is 0.588. The normalized spacial score (nSPS) is 30.5. The fourth-order valence-electron chi connectivity index (χ4n) is 3.81. The second kappa shape index (κ2) is 5.64. The highest BCUT2D eigenvalue weighted by molar-refractivity contribution is 9.10. The number of rotatable bonds is 2. The second-order valence-corrected chi connectivity index (χ2v) is 8.55. The van der Waals surface area contributed by atoms with Crippen molar-refractivity contribution < 1.29 is 0 Å². The van der Waals surface area contributed by atoms with Crippen molar-refractivity contribution in [1.82, 2.24) is 9.88 Å². The summed E-state index contributed by atoms with van der Waals surface area (Å²) in [5, 5.41) is 1.35. The average Bonchev–Trinajstić information content (AvgIpc) is 2.81. The summed E-state index contributed by atoms with van der Waals surface area (Å²) in [6.45, 7) is 3.72. The van der Waals surface area contributed by atoms with Crippen LogP contribution in [0.5, 0.6) is 0 Å². The van der Waals surface area contributed by atoms with E-state index in [1.807, 2.05) is 11.3 Å². The van der Waals surface area contributed by atoms with Crippen molar-refractivity contribution in [3.05, 3.63) is 27.7 Å². The van der Waals surface area contributed by atoms with Crippen molar-refractivity contribution in [3.63, 3.8) is 0 Å². The maximum Gasteiger partial charge on any atom is 0.0970 e. The topological polar surface area (TPSA) is 16.1 Å². The van der Waals surface area contributed by atoms with E-state index in [2.05, 4.69) is 46.0 Å². The summed E-state index contributed by atoms with van der Waals surface area (Å²) in [4.78, 5) is 7.61. The standard InChI is InChI=1S/C17H21BrN2S/c1-11-4-2-3-7-20(11)14-8-12(9-14)17-19-15-6-5-13(18)10-16(15)21-17/h5-6,10-12,14H,2-4,7-9H2,1H3/t11?,12-,14-. The largest absolute Gasteiger partial charge is 0.298 e. The lowest BCUT2D eigenvalue weighted by Gasteiger charge is -2.47. The van der Waals surface area contributed by atoms with Crippen molar-refractivity contribution in [2.45, 2.75) is 57.0 Å². The van der Waals surface area contributed by atoms with E-state index in [0.717, 1.165) is 22.1 Å². The average molecular weight is 365 g/mol. The summed E-state index contributed by atoms with van der Waals surface area (Å²) in [6.07, 6.45) is 6.81. The van der Waals surface area contributed by atoms with Crippen LogP contribution in [0.1, 0.15) is 50.0 Å². The zero-order chi connectivity index (χ0) is 14.4. The van der Waals surface area contributed by atoms with Gasteiger partial charge in [0.25, 0.3) is 0 Å². The molecule has 112 valence electrons. The molecule has 21 heavy (non-hydrogen) atoms. The van der Waals surface area contributed by atoms with Gasteiger partial charge in [0.2, 0.25) is 0 Å². The smallest absolute Gasteiger partial charge is 0.0970 e. The molecule has 0 amide bonds. The molecule has 1 unspecified atom stereocenters. The van der Waals surface area contributed by atoms with Crippen molar-refractivity contribution in [2.75, 3.05) is 6.54 Å². The number of benzene rings is 1. The van der Waals surface area contributed by atoms with Crippen LogP contribution >= 0.6 is 27.3 Å². The van der Waals surface area contributed by atoms with Crippen LogP contribution in [0.15, 0.2) is 22.7 Å². The van der Waals surface area contributed by atoms with Gasteiger partial charge in [-0.15, -0.1) is 11.3 Å². The Hall–Kier alpha value is -0.450. The van der Waals surface area contributed by atoms with E-state index in [9.17, 15) is 0 Å². The number of piperidine rings is 1. The molecule has 1 saturated carbocycles. The third kappa shape index (κ3) is 2.66. The van der Waals surface area contributed by atoms with Gasteiger partial charge in [-0.05, 0) is 57.4 Å². The Balaban J connectivity index is 1.46. The van der Waals surface area contributed by atoms with E-state index in [-0.39, 0.29) is 0 Å². The maximum atomic E-state index is 4.85. The molecule has 2 aliphatic rings. The molecule has 0 N–H and O–H groups in total. The van der Waals surface area contributed by atoms with E-state index in [4.69, 9.17) is 4.98 Å². The van der Waals surface area contributed by atoms with Crippen molar-refractivity contribution >= 4 is 37.5 Å². The van der Waals surface area contributed by atoms with Crippen molar-refractivity contribution in [1.29, 1.82) is 0 Å². The summed E-state index contributed by atoms with van der Waals surface area (Å²) in [6, 6.07) is 8.01. The van der Waals surface area contributed by atoms with Crippen LogP contribution < -0.4 is 0 Å². The molecule has 1 aliphatic heterocycles. The van der Waals surface area contributed by atoms with Crippen LogP contribution in [0.4, 0.5) is 0 Å². The molecule has 1 saturated heterocycles. The van der Waals surface area contributed by atoms with Crippen molar-refractivity contribution in [2.24, 2.45) is 0 Å². The quantitative estimate of drug-likeness (QED) is 0.729. The molecule has 4 rings (SSSR count). The van der Waals surface area contributed by atoms with Crippen LogP contribution in [-0.2, 0) is 0 Å². The molecule has 1 aromatic heterocycles. The summed E-state index contributed by atoms with van der Waals surface area (Å²) < 4.78 is 2.47. The summed E-state index contributed by atoms with van der Waals surface area (Å²) in [5.41, 5.74) is 1.16. The van der Waals surface area contributed by atoms with Crippen LogP contribution in [0.2, 0.25) is 0 Å². The number of aromatic nitrogens is 1. The molecule has 0 spiro atoms. The van der Waals surface area contributed by atoms with Crippen molar-refractivity contribution in [3.8, 4) is 0 Å². The van der Waals surface area contributed by atoms with E-state index in [1.54, 1.807) is 0 Å². The number of nitrogens with zero attached hydrogens (tertiary/aromatic N) is 2. The Kier molecular flexibility index (Phi) is 3.80. The van der Waals surface area contributed by atoms with Gasteiger partial charge in [-0.2, -0.15) is 0 Å². The van der Waals surface area contributed by atoms with E-state index in [0.29, 0.717) is 5.92 Å². The third-order valence-electron chi connectivity index (χ3n) is 5.15. The van der Waals surface area contributed by atoms with Gasteiger partial charge in [0.15, 0.2) is 0 Å². The maximum absolute atomic E-state index is 4.85. The number of halogens is 1. The minimum Gasteiger partial charge on any atom is -0.298 e. The van der Waals surface area contributed by atoms with Gasteiger partial charge in [-0.25, -0.2) is 4.98 Å². The Morgan fingerprint density at radius 1 is 1.29 bits per heavy atom. The van der Waals surface area contributed by atoms with Gasteiger partial charge >= 0.3 is 0 Å². The van der Waals surface area contributed by atoms with Gasteiger partial charge in [-0.1, -0.05) is 22.4 Å². The molecule has 2 fully saturated rings. The fourth-order valence-corrected chi connectivity index (χ4v) is 5.46. The molecule has 1 atom stereocenters. The minimum atomic E-state index is 0.695. The Morgan fingerprint density at radius 2 is 2.14 bits per heavy atom. The Bertz CT molecular complexity index is 647. The second-order valence-electron chi connectivity index (χ2n) is 6.57. The van der Waals surface area contributed by atoms with Crippen LogP contribution in [0.3, 0.4) is 0 Å². The minimum absolute atomic E-state index is 0.695. The predicted molar refractivity (Wildman–Crippen MR) is 93.1 cm³/mol.